The lowest BCUT2D eigenvalue weighted by atomic mass is 9.95. The van der Waals surface area contributed by atoms with Gasteiger partial charge in [0.1, 0.15) is 11.1 Å². The molecule has 0 bridgehead atoms. The minimum Gasteiger partial charge on any atom is -0.477 e. The summed E-state index contributed by atoms with van der Waals surface area (Å²) in [5, 5.41) is 24.6. The normalized spacial score (nSPS) is 24.6. The fourth-order valence-corrected chi connectivity index (χ4v) is 5.07. The highest BCUT2D eigenvalue weighted by Crippen LogP contribution is 2.44. The first kappa shape index (κ1) is 18.4. The number of hydrogen-bond acceptors (Lipinski definition) is 7. The summed E-state index contributed by atoms with van der Waals surface area (Å²) in [5.74, 6) is -2.42. The minimum atomic E-state index is -1.71. The van der Waals surface area contributed by atoms with Crippen LogP contribution in [-0.4, -0.2) is 62.7 Å². The van der Waals surface area contributed by atoms with Crippen molar-refractivity contribution in [1.29, 1.82) is 0 Å². The number of amides is 3. The Kier molecular flexibility index (Phi) is 5.03. The summed E-state index contributed by atoms with van der Waals surface area (Å²) in [7, 11) is 0. The first-order valence-corrected chi connectivity index (χ1v) is 9.43. The van der Waals surface area contributed by atoms with E-state index in [0.717, 1.165) is 21.5 Å². The van der Waals surface area contributed by atoms with E-state index in [2.05, 4.69) is 10.6 Å². The average molecular weight is 397 g/mol. The lowest BCUT2D eigenvalue weighted by Gasteiger charge is -2.56. The second-order valence-electron chi connectivity index (χ2n) is 5.63. The van der Waals surface area contributed by atoms with Crippen molar-refractivity contribution in [1.82, 2.24) is 15.5 Å². The molecule has 0 radical (unpaired) electrons. The maximum atomic E-state index is 12.7. The summed E-state index contributed by atoms with van der Waals surface area (Å²) in [4.78, 5) is 49.4. The monoisotopic (exact) mass is 397 g/mol. The van der Waals surface area contributed by atoms with Crippen molar-refractivity contribution in [2.24, 2.45) is 0 Å². The molecule has 1 aromatic rings. The van der Waals surface area contributed by atoms with Gasteiger partial charge in [0.2, 0.25) is 18.0 Å². The highest BCUT2D eigenvalue weighted by Gasteiger charge is 2.65. The van der Waals surface area contributed by atoms with Crippen LogP contribution in [0.25, 0.3) is 0 Å². The van der Waals surface area contributed by atoms with Gasteiger partial charge in [-0.15, -0.1) is 23.1 Å². The Balaban J connectivity index is 1.86. The van der Waals surface area contributed by atoms with Crippen LogP contribution >= 0.6 is 23.1 Å². The lowest BCUT2D eigenvalue weighted by molar-refractivity contribution is -0.162. The van der Waals surface area contributed by atoms with Crippen LogP contribution in [0.4, 0.5) is 0 Å². The summed E-state index contributed by atoms with van der Waals surface area (Å²) in [6.45, 7) is -0.496. The van der Waals surface area contributed by atoms with Gasteiger partial charge in [0.25, 0.3) is 5.91 Å². The van der Waals surface area contributed by atoms with E-state index in [1.807, 2.05) is 5.38 Å². The third-order valence-electron chi connectivity index (χ3n) is 4.08. The maximum Gasteiger partial charge on any atom is 0.352 e. The molecule has 0 unspecified atom stereocenters. The van der Waals surface area contributed by atoms with Crippen LogP contribution in [0.1, 0.15) is 4.88 Å². The van der Waals surface area contributed by atoms with E-state index in [9.17, 15) is 29.4 Å². The fourth-order valence-electron chi connectivity index (χ4n) is 2.95. The van der Waals surface area contributed by atoms with Crippen molar-refractivity contribution in [2.45, 2.75) is 17.5 Å². The number of aliphatic carboxylic acids is 1. The Morgan fingerprint density at radius 3 is 2.81 bits per heavy atom. The van der Waals surface area contributed by atoms with Crippen LogP contribution in [0.3, 0.4) is 0 Å². The van der Waals surface area contributed by atoms with Crippen molar-refractivity contribution < 1.29 is 29.4 Å². The number of fused-ring (bicyclic) bond motifs is 1. The van der Waals surface area contributed by atoms with Crippen molar-refractivity contribution in [3.8, 4) is 0 Å². The molecule has 1 aromatic heterocycles. The summed E-state index contributed by atoms with van der Waals surface area (Å²) < 4.78 is 0. The van der Waals surface area contributed by atoms with Gasteiger partial charge in [0.05, 0.1) is 13.0 Å². The highest BCUT2D eigenvalue weighted by molar-refractivity contribution is 8.00. The highest BCUT2D eigenvalue weighted by atomic mass is 32.2. The number of carbonyl (C=O) groups is 4. The molecule has 1 saturated heterocycles. The van der Waals surface area contributed by atoms with E-state index >= 15 is 0 Å². The van der Waals surface area contributed by atoms with Crippen LogP contribution in [0.15, 0.2) is 28.8 Å². The molecule has 4 N–H and O–H groups in total. The second kappa shape index (κ2) is 7.09. The molecule has 138 valence electrons. The molecule has 0 saturated carbocycles. The van der Waals surface area contributed by atoms with Gasteiger partial charge in [0.15, 0.2) is 0 Å². The van der Waals surface area contributed by atoms with E-state index < -0.39 is 35.4 Å². The number of carboxylic acids is 1. The molecule has 3 heterocycles. The largest absolute Gasteiger partial charge is 0.477 e. The van der Waals surface area contributed by atoms with Crippen LogP contribution in [-0.2, 0) is 25.6 Å². The molecular weight excluding hydrogens is 382 g/mol. The van der Waals surface area contributed by atoms with Crippen LogP contribution in [0.2, 0.25) is 0 Å². The first-order chi connectivity index (χ1) is 12.4. The zero-order valence-electron chi connectivity index (χ0n) is 13.3. The fraction of sp³-hybridized carbons (Fsp3) is 0.333. The molecule has 3 rings (SSSR count). The van der Waals surface area contributed by atoms with Gasteiger partial charge < -0.3 is 20.8 Å². The Labute approximate surface area is 156 Å². The Morgan fingerprint density at radius 2 is 2.23 bits per heavy atom. The van der Waals surface area contributed by atoms with Gasteiger partial charge in [-0.05, 0) is 17.0 Å². The summed E-state index contributed by atoms with van der Waals surface area (Å²) in [6.07, 6.45) is 0.334. The summed E-state index contributed by atoms with van der Waals surface area (Å²) >= 11 is 2.54. The van der Waals surface area contributed by atoms with Crippen molar-refractivity contribution in [2.75, 3.05) is 12.4 Å². The predicted octanol–water partition coefficient (Wildman–Crippen LogP) is -0.905. The van der Waals surface area contributed by atoms with Crippen molar-refractivity contribution in [3.63, 3.8) is 0 Å². The predicted molar refractivity (Wildman–Crippen MR) is 92.9 cm³/mol. The van der Waals surface area contributed by atoms with Crippen LogP contribution in [0, 0.1) is 0 Å². The number of aliphatic hydroxyl groups excluding tert-OH is 1. The Bertz CT molecular complexity index is 793. The number of rotatable bonds is 7. The Morgan fingerprint density at radius 1 is 1.46 bits per heavy atom. The van der Waals surface area contributed by atoms with Gasteiger partial charge in [-0.2, -0.15) is 0 Å². The number of carbonyl (C=O) groups excluding carboxylic acids is 3. The van der Waals surface area contributed by atoms with E-state index in [1.54, 1.807) is 12.1 Å². The zero-order valence-corrected chi connectivity index (χ0v) is 14.9. The third kappa shape index (κ3) is 2.87. The van der Waals surface area contributed by atoms with Crippen molar-refractivity contribution >= 4 is 47.3 Å². The van der Waals surface area contributed by atoms with Crippen LogP contribution in [0.5, 0.6) is 0 Å². The van der Waals surface area contributed by atoms with E-state index in [1.165, 1.54) is 11.3 Å². The molecule has 0 spiro atoms. The molecule has 3 amide bonds. The third-order valence-corrected chi connectivity index (χ3v) is 6.36. The molecule has 9 nitrogen and oxygen atoms in total. The number of thiophene rings is 1. The molecule has 11 heteroatoms. The quantitative estimate of drug-likeness (QED) is 0.266. The molecule has 0 aliphatic carbocycles. The lowest BCUT2D eigenvalue weighted by Crippen LogP contribution is -2.85. The zero-order chi connectivity index (χ0) is 18.9. The van der Waals surface area contributed by atoms with Gasteiger partial charge in [-0.3, -0.25) is 19.3 Å². The molecule has 1 fully saturated rings. The van der Waals surface area contributed by atoms with E-state index in [-0.39, 0.29) is 23.4 Å². The maximum absolute atomic E-state index is 12.7. The SMILES string of the molecule is O=CN[C@@]1(NC(=O)Cc2cccs2)C(=O)N2C(C(=O)O)=C(CO)CS[C@H]21. The number of nitrogens with one attached hydrogen (secondary N) is 2. The number of aliphatic hydroxyl groups is 1. The summed E-state index contributed by atoms with van der Waals surface area (Å²) in [6, 6.07) is 3.56. The second-order valence-corrected chi connectivity index (χ2v) is 7.73. The minimum absolute atomic E-state index is 0.0359. The molecule has 2 aliphatic heterocycles. The van der Waals surface area contributed by atoms with E-state index in [4.69, 9.17) is 0 Å². The Hall–Kier alpha value is -2.37. The molecule has 0 aromatic carbocycles. The number of nitrogens with zero attached hydrogens (tertiary/aromatic N) is 1. The summed E-state index contributed by atoms with van der Waals surface area (Å²) in [5.41, 5.74) is -1.81. The number of carboxylic acid groups (broad SMARTS) is 1. The molecule has 2 atom stereocenters. The average Bonchev–Trinajstić information content (AvgIpc) is 3.12. The van der Waals surface area contributed by atoms with Gasteiger partial charge in [-0.1, -0.05) is 6.07 Å². The van der Waals surface area contributed by atoms with Gasteiger partial charge in [-0.25, -0.2) is 4.79 Å². The number of β-lactam (4-membered cyclic amide) rings is 1. The first-order valence-electron chi connectivity index (χ1n) is 7.50. The van der Waals surface area contributed by atoms with Crippen LogP contribution < -0.4 is 10.6 Å². The standard InChI is InChI=1S/C15H15N3O6S2/c19-5-8-6-26-14-15(16-7-20,13(24)18(14)11(8)12(22)23)17-10(21)4-9-2-1-3-25-9/h1-3,7,14,19H,4-6H2,(H,16,20)(H,17,21)(H,22,23)/t14-,15+/m0/s1. The molecular formula is C15H15N3O6S2. The van der Waals surface area contributed by atoms with Crippen molar-refractivity contribution in [3.05, 3.63) is 33.7 Å². The van der Waals surface area contributed by atoms with Gasteiger partial charge >= 0.3 is 5.97 Å². The van der Waals surface area contributed by atoms with Gasteiger partial charge in [0, 0.05) is 10.6 Å². The number of hydrogen-bond donors (Lipinski definition) is 4. The number of thioether (sulfide) groups is 1. The smallest absolute Gasteiger partial charge is 0.352 e. The topological polar surface area (TPSA) is 136 Å². The molecule has 26 heavy (non-hydrogen) atoms. The van der Waals surface area contributed by atoms with E-state index in [0.29, 0.717) is 6.41 Å². The molecule has 2 aliphatic rings.